The number of benzene rings is 1. The van der Waals surface area contributed by atoms with Gasteiger partial charge in [-0.2, -0.15) is 0 Å². The lowest BCUT2D eigenvalue weighted by Gasteiger charge is -2.11. The van der Waals surface area contributed by atoms with Gasteiger partial charge in [-0.1, -0.05) is 12.1 Å². The molecule has 3 aromatic rings. The highest BCUT2D eigenvalue weighted by Crippen LogP contribution is 2.22. The maximum absolute atomic E-state index is 12.7. The van der Waals surface area contributed by atoms with Crippen molar-refractivity contribution in [3.63, 3.8) is 0 Å². The lowest BCUT2D eigenvalue weighted by molar-refractivity contribution is 0.102. The van der Waals surface area contributed by atoms with Gasteiger partial charge in [0.25, 0.3) is 5.91 Å². The van der Waals surface area contributed by atoms with Crippen LogP contribution in [0.3, 0.4) is 0 Å². The molecule has 0 unspecified atom stereocenters. The van der Waals surface area contributed by atoms with Crippen LogP contribution in [0.2, 0.25) is 0 Å². The van der Waals surface area contributed by atoms with Gasteiger partial charge in [0.2, 0.25) is 0 Å². The summed E-state index contributed by atoms with van der Waals surface area (Å²) in [5.41, 5.74) is 5.78. The second kappa shape index (κ2) is 6.40. The zero-order valence-corrected chi connectivity index (χ0v) is 14.5. The number of aryl methyl sites for hydroxylation is 2. The van der Waals surface area contributed by atoms with Gasteiger partial charge >= 0.3 is 0 Å². The molecule has 1 amide bonds. The minimum absolute atomic E-state index is 0.0810. The third-order valence-electron chi connectivity index (χ3n) is 4.57. The normalized spacial score (nSPS) is 10.8. The van der Waals surface area contributed by atoms with Crippen molar-refractivity contribution in [2.75, 3.05) is 5.32 Å². The first-order valence-corrected chi connectivity index (χ1v) is 8.04. The number of amides is 1. The molecule has 0 bridgehead atoms. The molecule has 4 heteroatoms. The summed E-state index contributed by atoms with van der Waals surface area (Å²) in [6, 6.07) is 11.7. The van der Waals surface area contributed by atoms with E-state index in [4.69, 9.17) is 4.42 Å². The highest BCUT2D eigenvalue weighted by atomic mass is 16.3. The number of carbonyl (C=O) groups is 1. The monoisotopic (exact) mass is 322 g/mol. The Hall–Kier alpha value is -2.75. The summed E-state index contributed by atoms with van der Waals surface area (Å²) in [5, 5.41) is 3.03. The number of hydrogen-bond acceptors (Lipinski definition) is 2. The predicted molar refractivity (Wildman–Crippen MR) is 95.6 cm³/mol. The van der Waals surface area contributed by atoms with Crippen molar-refractivity contribution in [2.24, 2.45) is 0 Å². The first-order valence-electron chi connectivity index (χ1n) is 8.04. The van der Waals surface area contributed by atoms with Crippen LogP contribution >= 0.6 is 0 Å². The van der Waals surface area contributed by atoms with Crippen LogP contribution in [0.1, 0.15) is 38.6 Å². The number of aromatic nitrogens is 1. The van der Waals surface area contributed by atoms with Crippen LogP contribution in [-0.4, -0.2) is 10.5 Å². The molecule has 0 aliphatic rings. The first-order chi connectivity index (χ1) is 11.5. The van der Waals surface area contributed by atoms with Crippen LogP contribution in [0.15, 0.2) is 47.1 Å². The van der Waals surface area contributed by atoms with Crippen molar-refractivity contribution < 1.29 is 9.21 Å². The summed E-state index contributed by atoms with van der Waals surface area (Å²) in [6.45, 7) is 8.66. The molecule has 4 nitrogen and oxygen atoms in total. The average Bonchev–Trinajstić information content (AvgIpc) is 3.15. The van der Waals surface area contributed by atoms with Crippen molar-refractivity contribution in [3.8, 4) is 0 Å². The number of carbonyl (C=O) groups excluding carboxylic acids is 1. The lowest BCUT2D eigenvalue weighted by atomic mass is 10.1. The summed E-state index contributed by atoms with van der Waals surface area (Å²) in [6.07, 6.45) is 1.66. The van der Waals surface area contributed by atoms with Gasteiger partial charge in [-0.15, -0.1) is 0 Å². The van der Waals surface area contributed by atoms with Crippen LogP contribution < -0.4 is 5.32 Å². The zero-order valence-electron chi connectivity index (χ0n) is 14.5. The number of nitrogens with zero attached hydrogens (tertiary/aromatic N) is 1. The molecule has 1 N–H and O–H groups in total. The Bertz CT molecular complexity index is 873. The fourth-order valence-corrected chi connectivity index (χ4v) is 2.91. The maximum Gasteiger partial charge on any atom is 0.257 e. The molecule has 2 heterocycles. The van der Waals surface area contributed by atoms with Gasteiger partial charge in [-0.25, -0.2) is 0 Å². The van der Waals surface area contributed by atoms with Crippen molar-refractivity contribution in [1.29, 1.82) is 0 Å². The lowest BCUT2D eigenvalue weighted by Crippen LogP contribution is -2.14. The molecule has 124 valence electrons. The Labute approximate surface area is 142 Å². The SMILES string of the molecule is Cc1cccc(NC(=O)c2cc(C)n(Cc3ccco3)c2C)c1C. The molecule has 24 heavy (non-hydrogen) atoms. The number of hydrogen-bond donors (Lipinski definition) is 1. The highest BCUT2D eigenvalue weighted by Gasteiger charge is 2.17. The molecule has 3 rings (SSSR count). The van der Waals surface area contributed by atoms with E-state index < -0.39 is 0 Å². The predicted octanol–water partition coefficient (Wildman–Crippen LogP) is 4.62. The molecule has 0 fully saturated rings. The molecular weight excluding hydrogens is 300 g/mol. The topological polar surface area (TPSA) is 47.2 Å². The van der Waals surface area contributed by atoms with Gasteiger partial charge in [0, 0.05) is 17.1 Å². The molecule has 0 radical (unpaired) electrons. The highest BCUT2D eigenvalue weighted by molar-refractivity contribution is 6.05. The molecule has 1 aromatic carbocycles. The van der Waals surface area contributed by atoms with Crippen LogP contribution in [-0.2, 0) is 6.54 Å². The molecule has 0 atom stereocenters. The molecule has 0 saturated heterocycles. The maximum atomic E-state index is 12.7. The second-order valence-corrected chi connectivity index (χ2v) is 6.15. The Morgan fingerprint density at radius 2 is 1.92 bits per heavy atom. The Kier molecular flexibility index (Phi) is 4.30. The van der Waals surface area contributed by atoms with Gasteiger partial charge in [0.15, 0.2) is 0 Å². The standard InChI is InChI=1S/C20H22N2O2/c1-13-7-5-9-19(15(13)3)21-20(23)18-11-14(2)22(16(18)4)12-17-8-6-10-24-17/h5-11H,12H2,1-4H3,(H,21,23). The van der Waals surface area contributed by atoms with Crippen molar-refractivity contribution in [3.05, 3.63) is 76.5 Å². The summed E-state index contributed by atoms with van der Waals surface area (Å²) in [7, 11) is 0. The smallest absolute Gasteiger partial charge is 0.257 e. The van der Waals surface area contributed by atoms with E-state index in [1.54, 1.807) is 6.26 Å². The largest absolute Gasteiger partial charge is 0.467 e. The number of anilines is 1. The molecule has 0 spiro atoms. The van der Waals surface area contributed by atoms with Gasteiger partial charge < -0.3 is 14.3 Å². The summed E-state index contributed by atoms with van der Waals surface area (Å²) < 4.78 is 7.51. The quantitative estimate of drug-likeness (QED) is 0.762. The zero-order chi connectivity index (χ0) is 17.3. The summed E-state index contributed by atoms with van der Waals surface area (Å²) in [4.78, 5) is 12.7. The van der Waals surface area contributed by atoms with Crippen molar-refractivity contribution in [1.82, 2.24) is 4.57 Å². The second-order valence-electron chi connectivity index (χ2n) is 6.15. The molecule has 2 aromatic heterocycles. The fourth-order valence-electron chi connectivity index (χ4n) is 2.91. The Balaban J connectivity index is 1.87. The van der Waals surface area contributed by atoms with E-state index >= 15 is 0 Å². The summed E-state index contributed by atoms with van der Waals surface area (Å²) >= 11 is 0. The minimum Gasteiger partial charge on any atom is -0.467 e. The Morgan fingerprint density at radius 1 is 1.12 bits per heavy atom. The molecule has 0 saturated carbocycles. The minimum atomic E-state index is -0.0810. The van der Waals surface area contributed by atoms with Crippen molar-refractivity contribution >= 4 is 11.6 Å². The van der Waals surface area contributed by atoms with E-state index in [-0.39, 0.29) is 5.91 Å². The third kappa shape index (κ3) is 3.00. The van der Waals surface area contributed by atoms with Gasteiger partial charge in [-0.3, -0.25) is 4.79 Å². The van der Waals surface area contributed by atoms with Crippen LogP contribution in [0, 0.1) is 27.7 Å². The summed E-state index contributed by atoms with van der Waals surface area (Å²) in [5.74, 6) is 0.792. The van der Waals surface area contributed by atoms with Crippen LogP contribution in [0.25, 0.3) is 0 Å². The van der Waals surface area contributed by atoms with E-state index in [9.17, 15) is 4.79 Å². The van der Waals surface area contributed by atoms with E-state index in [1.807, 2.05) is 64.1 Å². The van der Waals surface area contributed by atoms with Gasteiger partial charge in [-0.05, 0) is 63.1 Å². The van der Waals surface area contributed by atoms with Gasteiger partial charge in [0.05, 0.1) is 18.4 Å². The average molecular weight is 322 g/mol. The van der Waals surface area contributed by atoms with E-state index in [0.29, 0.717) is 12.1 Å². The van der Waals surface area contributed by atoms with Gasteiger partial charge in [0.1, 0.15) is 5.76 Å². The molecule has 0 aliphatic heterocycles. The Morgan fingerprint density at radius 3 is 2.62 bits per heavy atom. The van der Waals surface area contributed by atoms with Crippen molar-refractivity contribution in [2.45, 2.75) is 34.2 Å². The third-order valence-corrected chi connectivity index (χ3v) is 4.57. The fraction of sp³-hybridized carbons (Fsp3) is 0.250. The van der Waals surface area contributed by atoms with Crippen LogP contribution in [0.5, 0.6) is 0 Å². The van der Waals surface area contributed by atoms with Crippen LogP contribution in [0.4, 0.5) is 5.69 Å². The number of rotatable bonds is 4. The first kappa shape index (κ1) is 16.1. The van der Waals surface area contributed by atoms with E-state index in [0.717, 1.165) is 34.0 Å². The number of nitrogens with one attached hydrogen (secondary N) is 1. The molecule has 0 aliphatic carbocycles. The van der Waals surface area contributed by atoms with E-state index in [1.165, 1.54) is 0 Å². The molecular formula is C20H22N2O2. The number of furan rings is 1. The van der Waals surface area contributed by atoms with E-state index in [2.05, 4.69) is 9.88 Å².